The molecule has 1 atom stereocenters. The Labute approximate surface area is 99.0 Å². The van der Waals surface area contributed by atoms with Gasteiger partial charge in [0.1, 0.15) is 0 Å². The van der Waals surface area contributed by atoms with E-state index in [-0.39, 0.29) is 12.1 Å². The molecule has 2 rings (SSSR count). The molecule has 1 unspecified atom stereocenters. The van der Waals surface area contributed by atoms with Crippen molar-refractivity contribution in [3.8, 4) is 0 Å². The van der Waals surface area contributed by atoms with Crippen LogP contribution in [0, 0.1) is 5.92 Å². The van der Waals surface area contributed by atoms with Crippen molar-refractivity contribution < 1.29 is 5.11 Å². The van der Waals surface area contributed by atoms with Crippen LogP contribution in [-0.4, -0.2) is 41.3 Å². The van der Waals surface area contributed by atoms with Crippen LogP contribution >= 0.6 is 0 Å². The van der Waals surface area contributed by atoms with E-state index in [4.69, 9.17) is 5.73 Å². The fourth-order valence-electron chi connectivity index (χ4n) is 2.54. The molecule has 2 saturated carbocycles. The Morgan fingerprint density at radius 1 is 1.31 bits per heavy atom. The van der Waals surface area contributed by atoms with Crippen molar-refractivity contribution in [2.24, 2.45) is 11.7 Å². The van der Waals surface area contributed by atoms with Gasteiger partial charge >= 0.3 is 0 Å². The van der Waals surface area contributed by atoms with Gasteiger partial charge in [0, 0.05) is 12.6 Å². The number of unbranched alkanes of at least 4 members (excludes halogenated alkanes) is 1. The second-order valence-electron chi connectivity index (χ2n) is 5.72. The fraction of sp³-hybridized carbons (Fsp3) is 1.00. The van der Waals surface area contributed by atoms with Gasteiger partial charge in [-0.15, -0.1) is 0 Å². The Morgan fingerprint density at radius 2 is 2.00 bits per heavy atom. The molecule has 0 heterocycles. The van der Waals surface area contributed by atoms with E-state index in [0.29, 0.717) is 5.92 Å². The van der Waals surface area contributed by atoms with Crippen molar-refractivity contribution in [1.29, 1.82) is 0 Å². The fourth-order valence-corrected chi connectivity index (χ4v) is 2.54. The second-order valence-corrected chi connectivity index (χ2v) is 5.72. The van der Waals surface area contributed by atoms with Crippen LogP contribution in [0.4, 0.5) is 0 Å². The summed E-state index contributed by atoms with van der Waals surface area (Å²) in [5, 5.41) is 9.52. The summed E-state index contributed by atoms with van der Waals surface area (Å²) in [5.74, 6) is 0.570. The Kier molecular flexibility index (Phi) is 3.88. The van der Waals surface area contributed by atoms with Crippen LogP contribution in [0.25, 0.3) is 0 Å². The molecule has 0 amide bonds. The van der Waals surface area contributed by atoms with Gasteiger partial charge in [0.2, 0.25) is 0 Å². The van der Waals surface area contributed by atoms with Gasteiger partial charge in [-0.3, -0.25) is 4.90 Å². The predicted molar refractivity (Wildman–Crippen MR) is 66.2 cm³/mol. The van der Waals surface area contributed by atoms with Crippen LogP contribution < -0.4 is 5.73 Å². The van der Waals surface area contributed by atoms with Crippen molar-refractivity contribution in [2.45, 2.75) is 57.0 Å². The Morgan fingerprint density at radius 3 is 2.44 bits per heavy atom. The summed E-state index contributed by atoms with van der Waals surface area (Å²) in [6.45, 7) is 4.44. The number of aliphatic hydroxyl groups excluding tert-OH is 1. The quantitative estimate of drug-likeness (QED) is 0.657. The van der Waals surface area contributed by atoms with Gasteiger partial charge in [-0.1, -0.05) is 13.3 Å². The Bertz CT molecular complexity index is 226. The molecule has 0 saturated heterocycles. The maximum absolute atomic E-state index is 9.52. The summed E-state index contributed by atoms with van der Waals surface area (Å²) in [6, 6.07) is 0.764. The predicted octanol–water partition coefficient (Wildman–Crippen LogP) is 1.35. The number of rotatable bonds is 8. The van der Waals surface area contributed by atoms with Crippen LogP contribution in [0.3, 0.4) is 0 Å². The van der Waals surface area contributed by atoms with E-state index in [1.165, 1.54) is 38.5 Å². The molecule has 0 radical (unpaired) electrons. The minimum atomic E-state index is -0.323. The highest BCUT2D eigenvalue weighted by atomic mass is 16.3. The van der Waals surface area contributed by atoms with Crippen LogP contribution in [0.2, 0.25) is 0 Å². The molecule has 16 heavy (non-hydrogen) atoms. The summed E-state index contributed by atoms with van der Waals surface area (Å²) in [7, 11) is 0. The zero-order valence-corrected chi connectivity index (χ0v) is 10.5. The monoisotopic (exact) mass is 226 g/mol. The maximum atomic E-state index is 9.52. The number of hydrogen-bond acceptors (Lipinski definition) is 3. The number of nitrogens with zero attached hydrogens (tertiary/aromatic N) is 1. The van der Waals surface area contributed by atoms with Crippen molar-refractivity contribution >= 4 is 0 Å². The Hall–Kier alpha value is -0.120. The van der Waals surface area contributed by atoms with Gasteiger partial charge in [0.25, 0.3) is 0 Å². The lowest BCUT2D eigenvalue weighted by Crippen LogP contribution is -2.55. The minimum Gasteiger partial charge on any atom is -0.394 e. The molecular weight excluding hydrogens is 200 g/mol. The van der Waals surface area contributed by atoms with E-state index >= 15 is 0 Å². The second kappa shape index (κ2) is 5.03. The Balaban J connectivity index is 1.87. The van der Waals surface area contributed by atoms with Gasteiger partial charge in [0.05, 0.1) is 12.1 Å². The van der Waals surface area contributed by atoms with E-state index in [1.807, 2.05) is 0 Å². The summed E-state index contributed by atoms with van der Waals surface area (Å²) >= 11 is 0. The highest BCUT2D eigenvalue weighted by molar-refractivity contribution is 5.02. The highest BCUT2D eigenvalue weighted by Crippen LogP contribution is 2.40. The molecule has 0 aromatic carbocycles. The largest absolute Gasteiger partial charge is 0.394 e. The molecular formula is C13H26N2O. The molecule has 0 bridgehead atoms. The first kappa shape index (κ1) is 12.3. The van der Waals surface area contributed by atoms with Crippen LogP contribution in [-0.2, 0) is 0 Å². The number of hydrogen-bond donors (Lipinski definition) is 2. The molecule has 94 valence electrons. The summed E-state index contributed by atoms with van der Waals surface area (Å²) < 4.78 is 0. The first-order valence-electron chi connectivity index (χ1n) is 6.83. The van der Waals surface area contributed by atoms with E-state index in [0.717, 1.165) is 19.1 Å². The molecule has 2 fully saturated rings. The van der Waals surface area contributed by atoms with E-state index in [9.17, 15) is 5.11 Å². The van der Waals surface area contributed by atoms with Crippen LogP contribution in [0.15, 0.2) is 0 Å². The SMILES string of the molecule is CCCCN(CC(N)(CO)C1CC1)C1CC1. The minimum absolute atomic E-state index is 0.146. The first-order chi connectivity index (χ1) is 7.69. The summed E-state index contributed by atoms with van der Waals surface area (Å²) in [6.07, 6.45) is 7.57. The van der Waals surface area contributed by atoms with Gasteiger partial charge in [-0.05, 0) is 44.6 Å². The molecule has 2 aliphatic rings. The summed E-state index contributed by atoms with van der Waals surface area (Å²) in [4.78, 5) is 2.53. The maximum Gasteiger partial charge on any atom is 0.0626 e. The molecule has 0 aromatic heterocycles. The topological polar surface area (TPSA) is 49.5 Å². The third-order valence-electron chi connectivity index (χ3n) is 4.04. The molecule has 3 N–H and O–H groups in total. The molecule has 3 heteroatoms. The zero-order chi connectivity index (χ0) is 11.6. The standard InChI is InChI=1S/C13H26N2O/c1-2-3-8-15(12-6-7-12)9-13(14,10-16)11-4-5-11/h11-12,16H,2-10,14H2,1H3. The van der Waals surface area contributed by atoms with Gasteiger partial charge in [0.15, 0.2) is 0 Å². The average Bonchev–Trinajstić information content (AvgIpc) is 3.15. The van der Waals surface area contributed by atoms with E-state index in [2.05, 4.69) is 11.8 Å². The lowest BCUT2D eigenvalue weighted by Gasteiger charge is -2.34. The highest BCUT2D eigenvalue weighted by Gasteiger charge is 2.44. The third-order valence-corrected chi connectivity index (χ3v) is 4.04. The number of nitrogens with two attached hydrogens (primary N) is 1. The van der Waals surface area contributed by atoms with Crippen LogP contribution in [0.5, 0.6) is 0 Å². The molecule has 0 spiro atoms. The first-order valence-corrected chi connectivity index (χ1v) is 6.83. The van der Waals surface area contributed by atoms with Crippen molar-refractivity contribution in [1.82, 2.24) is 4.90 Å². The lowest BCUT2D eigenvalue weighted by molar-refractivity contribution is 0.115. The molecule has 0 aromatic rings. The molecule has 2 aliphatic carbocycles. The van der Waals surface area contributed by atoms with Gasteiger partial charge in [-0.2, -0.15) is 0 Å². The van der Waals surface area contributed by atoms with Gasteiger partial charge in [-0.25, -0.2) is 0 Å². The number of aliphatic hydroxyl groups is 1. The lowest BCUT2D eigenvalue weighted by atomic mass is 9.94. The van der Waals surface area contributed by atoms with Crippen molar-refractivity contribution in [2.75, 3.05) is 19.7 Å². The molecule has 3 nitrogen and oxygen atoms in total. The van der Waals surface area contributed by atoms with E-state index in [1.54, 1.807) is 0 Å². The van der Waals surface area contributed by atoms with Crippen molar-refractivity contribution in [3.05, 3.63) is 0 Å². The van der Waals surface area contributed by atoms with Gasteiger partial charge < -0.3 is 10.8 Å². The normalized spacial score (nSPS) is 24.8. The average molecular weight is 226 g/mol. The summed E-state index contributed by atoms with van der Waals surface area (Å²) in [5.41, 5.74) is 6.03. The van der Waals surface area contributed by atoms with Crippen molar-refractivity contribution in [3.63, 3.8) is 0 Å². The smallest absolute Gasteiger partial charge is 0.0626 e. The zero-order valence-electron chi connectivity index (χ0n) is 10.5. The third kappa shape index (κ3) is 2.96. The van der Waals surface area contributed by atoms with E-state index < -0.39 is 0 Å². The molecule has 0 aliphatic heterocycles. The van der Waals surface area contributed by atoms with Crippen LogP contribution in [0.1, 0.15) is 45.4 Å².